The van der Waals surface area contributed by atoms with Crippen LogP contribution in [0.1, 0.15) is 29.6 Å². The second-order valence-corrected chi connectivity index (χ2v) is 6.02. The van der Waals surface area contributed by atoms with E-state index in [4.69, 9.17) is 0 Å². The van der Waals surface area contributed by atoms with Crippen molar-refractivity contribution in [2.45, 2.75) is 32.4 Å². The van der Waals surface area contributed by atoms with E-state index in [9.17, 15) is 0 Å². The summed E-state index contributed by atoms with van der Waals surface area (Å²) >= 11 is 0. The van der Waals surface area contributed by atoms with Crippen molar-refractivity contribution in [1.82, 2.24) is 20.1 Å². The molecule has 1 atom stereocenters. The van der Waals surface area contributed by atoms with Crippen LogP contribution >= 0.6 is 0 Å². The zero-order valence-electron chi connectivity index (χ0n) is 12.4. The number of fused-ring (bicyclic) bond motifs is 1. The third kappa shape index (κ3) is 2.31. The molecule has 4 rings (SSSR count). The molecule has 0 aliphatic carbocycles. The fourth-order valence-corrected chi connectivity index (χ4v) is 3.42. The average molecular weight is 283 g/mol. The predicted molar refractivity (Wildman–Crippen MR) is 82.5 cm³/mol. The summed E-state index contributed by atoms with van der Waals surface area (Å²) in [5, 5.41) is 11.9. The summed E-state index contributed by atoms with van der Waals surface area (Å²) < 4.78 is 2.22. The molecule has 0 saturated carbocycles. The number of nitrogens with zero attached hydrogens (tertiary/aromatic N) is 4. The Morgan fingerprint density at radius 3 is 2.76 bits per heavy atom. The number of hydrogen-bond acceptors (Lipinski definition) is 4. The number of hydrogen-bond donors (Lipinski definition) is 1. The Morgan fingerprint density at radius 2 is 2.00 bits per heavy atom. The molecule has 1 fully saturated rings. The van der Waals surface area contributed by atoms with Crippen LogP contribution in [0.5, 0.6) is 0 Å². The topological polar surface area (TPSA) is 46.0 Å². The molecule has 0 radical (unpaired) electrons. The van der Waals surface area contributed by atoms with Crippen LogP contribution in [0.15, 0.2) is 24.3 Å². The zero-order chi connectivity index (χ0) is 14.2. The van der Waals surface area contributed by atoms with Gasteiger partial charge in [0.05, 0.1) is 6.54 Å². The minimum atomic E-state index is 0.686. The first kappa shape index (κ1) is 12.8. The van der Waals surface area contributed by atoms with Crippen molar-refractivity contribution in [2.24, 2.45) is 0 Å². The van der Waals surface area contributed by atoms with Gasteiger partial charge in [-0.05, 0) is 43.5 Å². The van der Waals surface area contributed by atoms with E-state index in [1.165, 1.54) is 17.7 Å². The van der Waals surface area contributed by atoms with Crippen LogP contribution in [0, 0.1) is 6.92 Å². The standard InChI is InChI=1S/C16H21N5/c1-12-18-19-16-11-20(8-9-21(12)16)15-4-2-13(3-5-15)14-6-7-17-10-14/h2-5,14,17H,6-11H2,1H3. The van der Waals surface area contributed by atoms with E-state index in [1.54, 1.807) is 0 Å². The van der Waals surface area contributed by atoms with Crippen molar-refractivity contribution in [2.75, 3.05) is 24.5 Å². The van der Waals surface area contributed by atoms with E-state index < -0.39 is 0 Å². The molecular formula is C16H21N5. The lowest BCUT2D eigenvalue weighted by Gasteiger charge is -2.29. The Balaban J connectivity index is 1.52. The van der Waals surface area contributed by atoms with E-state index in [0.29, 0.717) is 5.92 Å². The molecule has 1 aromatic heterocycles. The molecule has 1 saturated heterocycles. The first-order chi connectivity index (χ1) is 10.3. The van der Waals surface area contributed by atoms with Gasteiger partial charge in [-0.1, -0.05) is 12.1 Å². The summed E-state index contributed by atoms with van der Waals surface area (Å²) in [4.78, 5) is 2.39. The van der Waals surface area contributed by atoms with Gasteiger partial charge in [0.2, 0.25) is 0 Å². The van der Waals surface area contributed by atoms with Gasteiger partial charge in [-0.3, -0.25) is 0 Å². The summed E-state index contributed by atoms with van der Waals surface area (Å²) in [5.74, 6) is 2.78. The highest BCUT2D eigenvalue weighted by Gasteiger charge is 2.21. The molecular weight excluding hydrogens is 262 g/mol. The normalized spacial score (nSPS) is 21.6. The van der Waals surface area contributed by atoms with Gasteiger partial charge in [0, 0.05) is 25.3 Å². The van der Waals surface area contributed by atoms with Crippen molar-refractivity contribution in [1.29, 1.82) is 0 Å². The molecule has 0 bridgehead atoms. The second-order valence-electron chi connectivity index (χ2n) is 6.02. The Kier molecular flexibility index (Phi) is 3.15. The molecule has 1 aromatic carbocycles. The molecule has 2 aromatic rings. The molecule has 5 heteroatoms. The van der Waals surface area contributed by atoms with Gasteiger partial charge in [0.1, 0.15) is 5.82 Å². The lowest BCUT2D eigenvalue weighted by atomic mass is 9.98. The van der Waals surface area contributed by atoms with Crippen LogP contribution in [0.4, 0.5) is 5.69 Å². The minimum Gasteiger partial charge on any atom is -0.362 e. The van der Waals surface area contributed by atoms with Crippen molar-refractivity contribution in [3.63, 3.8) is 0 Å². The van der Waals surface area contributed by atoms with Gasteiger partial charge >= 0.3 is 0 Å². The lowest BCUT2D eigenvalue weighted by molar-refractivity contribution is 0.551. The fraction of sp³-hybridized carbons (Fsp3) is 0.500. The number of nitrogens with one attached hydrogen (secondary N) is 1. The first-order valence-electron chi connectivity index (χ1n) is 7.75. The molecule has 2 aliphatic heterocycles. The van der Waals surface area contributed by atoms with Gasteiger partial charge in [0.15, 0.2) is 5.82 Å². The van der Waals surface area contributed by atoms with Crippen LogP contribution in [0.25, 0.3) is 0 Å². The second kappa shape index (κ2) is 5.15. The zero-order valence-corrected chi connectivity index (χ0v) is 12.4. The lowest BCUT2D eigenvalue weighted by Crippen LogP contribution is -2.34. The van der Waals surface area contributed by atoms with E-state index >= 15 is 0 Å². The van der Waals surface area contributed by atoms with Gasteiger partial charge in [0.25, 0.3) is 0 Å². The molecule has 5 nitrogen and oxygen atoms in total. The van der Waals surface area contributed by atoms with Gasteiger partial charge < -0.3 is 14.8 Å². The van der Waals surface area contributed by atoms with Crippen LogP contribution in [0.3, 0.4) is 0 Å². The molecule has 0 spiro atoms. The van der Waals surface area contributed by atoms with Crippen LogP contribution in [-0.2, 0) is 13.1 Å². The average Bonchev–Trinajstić information content (AvgIpc) is 3.18. The molecule has 110 valence electrons. The van der Waals surface area contributed by atoms with E-state index in [2.05, 4.69) is 49.2 Å². The third-order valence-electron chi connectivity index (χ3n) is 4.73. The Morgan fingerprint density at radius 1 is 1.14 bits per heavy atom. The van der Waals surface area contributed by atoms with Gasteiger partial charge in [-0.15, -0.1) is 10.2 Å². The largest absolute Gasteiger partial charge is 0.362 e. The SMILES string of the molecule is Cc1nnc2n1CCN(c1ccc(C3CCNC3)cc1)C2. The first-order valence-corrected chi connectivity index (χ1v) is 7.75. The smallest absolute Gasteiger partial charge is 0.152 e. The van der Waals surface area contributed by atoms with Gasteiger partial charge in [-0.25, -0.2) is 0 Å². The highest BCUT2D eigenvalue weighted by molar-refractivity contribution is 5.48. The molecule has 0 amide bonds. The van der Waals surface area contributed by atoms with Crippen molar-refractivity contribution < 1.29 is 0 Å². The number of anilines is 1. The van der Waals surface area contributed by atoms with Crippen molar-refractivity contribution in [3.8, 4) is 0 Å². The van der Waals surface area contributed by atoms with Crippen LogP contribution < -0.4 is 10.2 Å². The molecule has 2 aliphatic rings. The fourth-order valence-electron chi connectivity index (χ4n) is 3.42. The summed E-state index contributed by atoms with van der Waals surface area (Å²) in [6.07, 6.45) is 1.26. The number of aromatic nitrogens is 3. The van der Waals surface area contributed by atoms with Crippen molar-refractivity contribution in [3.05, 3.63) is 41.5 Å². The summed E-state index contributed by atoms with van der Waals surface area (Å²) in [7, 11) is 0. The monoisotopic (exact) mass is 283 g/mol. The summed E-state index contributed by atoms with van der Waals surface area (Å²) in [6.45, 7) is 7.14. The molecule has 1 N–H and O–H groups in total. The Hall–Kier alpha value is -1.88. The maximum atomic E-state index is 4.28. The van der Waals surface area contributed by atoms with E-state index in [1.807, 2.05) is 6.92 Å². The predicted octanol–water partition coefficient (Wildman–Crippen LogP) is 1.68. The molecule has 1 unspecified atom stereocenters. The minimum absolute atomic E-state index is 0.686. The Bertz CT molecular complexity index is 625. The Labute approximate surface area is 125 Å². The van der Waals surface area contributed by atoms with Crippen molar-refractivity contribution >= 4 is 5.69 Å². The molecule has 21 heavy (non-hydrogen) atoms. The highest BCUT2D eigenvalue weighted by Crippen LogP contribution is 2.26. The number of aryl methyl sites for hydroxylation is 1. The van der Waals surface area contributed by atoms with Crippen LogP contribution in [-0.4, -0.2) is 34.4 Å². The molecule has 3 heterocycles. The number of benzene rings is 1. The van der Waals surface area contributed by atoms with E-state index in [0.717, 1.165) is 44.4 Å². The number of rotatable bonds is 2. The summed E-state index contributed by atoms with van der Waals surface area (Å²) in [6, 6.07) is 9.09. The van der Waals surface area contributed by atoms with Gasteiger partial charge in [-0.2, -0.15) is 0 Å². The summed E-state index contributed by atoms with van der Waals surface area (Å²) in [5.41, 5.74) is 2.75. The van der Waals surface area contributed by atoms with Crippen LogP contribution in [0.2, 0.25) is 0 Å². The quantitative estimate of drug-likeness (QED) is 0.911. The van der Waals surface area contributed by atoms with E-state index in [-0.39, 0.29) is 0 Å². The maximum absolute atomic E-state index is 4.28. The highest BCUT2D eigenvalue weighted by atomic mass is 15.3. The maximum Gasteiger partial charge on any atom is 0.152 e. The third-order valence-corrected chi connectivity index (χ3v) is 4.73.